The summed E-state index contributed by atoms with van der Waals surface area (Å²) in [6.45, 7) is 1.06. The molecule has 27 heavy (non-hydrogen) atoms. The fourth-order valence-electron chi connectivity index (χ4n) is 3.65. The van der Waals surface area contributed by atoms with Crippen molar-refractivity contribution in [3.8, 4) is 0 Å². The number of fused-ring (bicyclic) bond motifs is 1. The first-order valence-electron chi connectivity index (χ1n) is 9.14. The first-order chi connectivity index (χ1) is 13.1. The molecule has 0 saturated carbocycles. The fraction of sp³-hybridized carbons (Fsp3) is 0.350. The third-order valence-corrected chi connectivity index (χ3v) is 5.15. The number of esters is 1. The van der Waals surface area contributed by atoms with Crippen LogP contribution in [-0.4, -0.2) is 52.9 Å². The summed E-state index contributed by atoms with van der Waals surface area (Å²) in [5.74, 6) is -0.738. The van der Waals surface area contributed by atoms with Gasteiger partial charge in [-0.2, -0.15) is 0 Å². The molecule has 4 rings (SSSR count). The van der Waals surface area contributed by atoms with Crippen LogP contribution in [0.2, 0.25) is 0 Å². The summed E-state index contributed by atoms with van der Waals surface area (Å²) < 4.78 is 5.36. The zero-order valence-corrected chi connectivity index (χ0v) is 14.8. The first kappa shape index (κ1) is 17.3. The SMILES string of the molecule is O=C(NC1CCN(C(=O)[C@H]2Cc3ccccc3C(=O)O2)CC1)c1ccc[nH]1. The van der Waals surface area contributed by atoms with Crippen LogP contribution in [0.3, 0.4) is 0 Å². The predicted molar refractivity (Wildman–Crippen MR) is 97.2 cm³/mol. The number of rotatable bonds is 3. The van der Waals surface area contributed by atoms with Crippen molar-refractivity contribution in [1.29, 1.82) is 0 Å². The Bertz CT molecular complexity index is 854. The van der Waals surface area contributed by atoms with Gasteiger partial charge in [0.15, 0.2) is 6.10 Å². The van der Waals surface area contributed by atoms with Gasteiger partial charge in [-0.15, -0.1) is 0 Å². The van der Waals surface area contributed by atoms with Crippen LogP contribution in [0.5, 0.6) is 0 Å². The van der Waals surface area contributed by atoms with E-state index in [1.807, 2.05) is 12.1 Å². The molecule has 2 aliphatic heterocycles. The number of aromatic nitrogens is 1. The van der Waals surface area contributed by atoms with Crippen LogP contribution in [0.4, 0.5) is 0 Å². The van der Waals surface area contributed by atoms with Gasteiger partial charge in [-0.25, -0.2) is 4.79 Å². The number of amides is 2. The number of ether oxygens (including phenoxy) is 1. The molecule has 0 unspecified atom stereocenters. The number of piperidine rings is 1. The van der Waals surface area contributed by atoms with Crippen molar-refractivity contribution in [2.75, 3.05) is 13.1 Å². The Morgan fingerprint density at radius 2 is 1.89 bits per heavy atom. The molecule has 0 radical (unpaired) electrons. The van der Waals surface area contributed by atoms with Gasteiger partial charge in [0.25, 0.3) is 11.8 Å². The van der Waals surface area contributed by atoms with Crippen molar-refractivity contribution in [2.45, 2.75) is 31.4 Å². The highest BCUT2D eigenvalue weighted by atomic mass is 16.5. The van der Waals surface area contributed by atoms with Crippen molar-refractivity contribution in [3.63, 3.8) is 0 Å². The number of likely N-dealkylation sites (tertiary alicyclic amines) is 1. The van der Waals surface area contributed by atoms with E-state index in [-0.39, 0.29) is 17.9 Å². The number of nitrogens with one attached hydrogen (secondary N) is 2. The molecule has 2 aromatic rings. The Morgan fingerprint density at radius 3 is 2.63 bits per heavy atom. The average Bonchev–Trinajstić information content (AvgIpc) is 3.23. The molecule has 1 aromatic carbocycles. The Morgan fingerprint density at radius 1 is 1.11 bits per heavy atom. The Labute approximate surface area is 156 Å². The molecule has 1 fully saturated rings. The molecule has 1 saturated heterocycles. The number of hydrogen-bond donors (Lipinski definition) is 2. The zero-order chi connectivity index (χ0) is 18.8. The second-order valence-electron chi connectivity index (χ2n) is 6.91. The zero-order valence-electron chi connectivity index (χ0n) is 14.8. The molecule has 7 heteroatoms. The standard InChI is InChI=1S/C20H21N3O4/c24-18(16-6-3-9-21-16)22-14-7-10-23(11-8-14)19(25)17-12-13-4-1-2-5-15(13)20(26)27-17/h1-6,9,14,17,21H,7-8,10-12H2,(H,22,24)/t17-/m1/s1. The van der Waals surface area contributed by atoms with Crippen LogP contribution in [0.25, 0.3) is 0 Å². The van der Waals surface area contributed by atoms with E-state index in [1.165, 1.54) is 0 Å². The van der Waals surface area contributed by atoms with E-state index in [0.29, 0.717) is 43.6 Å². The summed E-state index contributed by atoms with van der Waals surface area (Å²) in [5.41, 5.74) is 1.91. The number of aromatic amines is 1. The Kier molecular flexibility index (Phi) is 4.66. The molecule has 2 amide bonds. The quantitative estimate of drug-likeness (QED) is 0.805. The number of H-pyrrole nitrogens is 1. The largest absolute Gasteiger partial charge is 0.448 e. The molecule has 140 valence electrons. The van der Waals surface area contributed by atoms with Gasteiger partial charge in [0.1, 0.15) is 5.69 Å². The van der Waals surface area contributed by atoms with Gasteiger partial charge >= 0.3 is 5.97 Å². The lowest BCUT2D eigenvalue weighted by atomic mass is 9.97. The third-order valence-electron chi connectivity index (χ3n) is 5.15. The highest BCUT2D eigenvalue weighted by molar-refractivity contribution is 5.96. The number of nitrogens with zero attached hydrogens (tertiary/aromatic N) is 1. The molecule has 0 bridgehead atoms. The minimum absolute atomic E-state index is 0.0273. The second kappa shape index (κ2) is 7.26. The molecular weight excluding hydrogens is 346 g/mol. The van der Waals surface area contributed by atoms with Crippen LogP contribution >= 0.6 is 0 Å². The number of carbonyl (C=O) groups is 3. The van der Waals surface area contributed by atoms with Crippen molar-refractivity contribution in [3.05, 3.63) is 59.4 Å². The molecule has 7 nitrogen and oxygen atoms in total. The molecule has 2 N–H and O–H groups in total. The highest BCUT2D eigenvalue weighted by Crippen LogP contribution is 2.23. The summed E-state index contributed by atoms with van der Waals surface area (Å²) in [6, 6.07) is 10.8. The number of cyclic esters (lactones) is 1. The third kappa shape index (κ3) is 3.58. The monoisotopic (exact) mass is 367 g/mol. The number of benzene rings is 1. The van der Waals surface area contributed by atoms with Gasteiger partial charge in [0, 0.05) is 31.7 Å². The van der Waals surface area contributed by atoms with Gasteiger partial charge in [-0.05, 0) is 36.6 Å². The lowest BCUT2D eigenvalue weighted by molar-refractivity contribution is -0.142. The molecule has 3 heterocycles. The van der Waals surface area contributed by atoms with Gasteiger partial charge in [0.2, 0.25) is 0 Å². The molecule has 1 atom stereocenters. The van der Waals surface area contributed by atoms with Crippen LogP contribution in [0.1, 0.15) is 39.3 Å². The predicted octanol–water partition coefficient (Wildman–Crippen LogP) is 1.52. The fourth-order valence-corrected chi connectivity index (χ4v) is 3.65. The van der Waals surface area contributed by atoms with Gasteiger partial charge in [-0.3, -0.25) is 9.59 Å². The van der Waals surface area contributed by atoms with Crippen LogP contribution in [0, 0.1) is 0 Å². The highest BCUT2D eigenvalue weighted by Gasteiger charge is 2.35. The van der Waals surface area contributed by atoms with E-state index in [9.17, 15) is 14.4 Å². The number of carbonyl (C=O) groups excluding carboxylic acids is 3. The van der Waals surface area contributed by atoms with Gasteiger partial charge < -0.3 is 19.9 Å². The summed E-state index contributed by atoms with van der Waals surface area (Å²) >= 11 is 0. The van der Waals surface area contributed by atoms with Gasteiger partial charge in [0.05, 0.1) is 5.56 Å². The molecular formula is C20H21N3O4. The van der Waals surface area contributed by atoms with Crippen molar-refractivity contribution in [2.24, 2.45) is 0 Å². The summed E-state index contributed by atoms with van der Waals surface area (Å²) in [5, 5.41) is 2.99. The summed E-state index contributed by atoms with van der Waals surface area (Å²) in [7, 11) is 0. The van der Waals surface area contributed by atoms with Crippen molar-refractivity contribution >= 4 is 17.8 Å². The number of hydrogen-bond acceptors (Lipinski definition) is 4. The molecule has 2 aliphatic rings. The smallest absolute Gasteiger partial charge is 0.339 e. The minimum atomic E-state index is -0.766. The lowest BCUT2D eigenvalue weighted by Gasteiger charge is -2.35. The first-order valence-corrected chi connectivity index (χ1v) is 9.14. The summed E-state index contributed by atoms with van der Waals surface area (Å²) in [6.07, 6.45) is 2.70. The summed E-state index contributed by atoms with van der Waals surface area (Å²) in [4.78, 5) is 41.6. The second-order valence-corrected chi connectivity index (χ2v) is 6.91. The topological polar surface area (TPSA) is 91.5 Å². The lowest BCUT2D eigenvalue weighted by Crippen LogP contribution is -2.51. The average molecular weight is 367 g/mol. The van der Waals surface area contributed by atoms with Crippen LogP contribution < -0.4 is 5.32 Å². The molecule has 0 aliphatic carbocycles. The molecule has 0 spiro atoms. The van der Waals surface area contributed by atoms with E-state index < -0.39 is 12.1 Å². The van der Waals surface area contributed by atoms with Crippen LogP contribution in [-0.2, 0) is 16.0 Å². The Balaban J connectivity index is 1.33. The normalized spacial score (nSPS) is 19.9. The maximum absolute atomic E-state index is 12.8. The van der Waals surface area contributed by atoms with E-state index in [1.54, 1.807) is 35.4 Å². The Hall–Kier alpha value is -3.09. The van der Waals surface area contributed by atoms with Crippen molar-refractivity contribution in [1.82, 2.24) is 15.2 Å². The maximum atomic E-state index is 12.8. The van der Waals surface area contributed by atoms with Crippen LogP contribution in [0.15, 0.2) is 42.6 Å². The van der Waals surface area contributed by atoms with E-state index >= 15 is 0 Å². The van der Waals surface area contributed by atoms with E-state index in [0.717, 1.165) is 5.56 Å². The maximum Gasteiger partial charge on any atom is 0.339 e. The minimum Gasteiger partial charge on any atom is -0.448 e. The van der Waals surface area contributed by atoms with Gasteiger partial charge in [-0.1, -0.05) is 18.2 Å². The molecule has 1 aromatic heterocycles. The van der Waals surface area contributed by atoms with E-state index in [4.69, 9.17) is 4.74 Å². The van der Waals surface area contributed by atoms with E-state index in [2.05, 4.69) is 10.3 Å². The van der Waals surface area contributed by atoms with Crippen molar-refractivity contribution < 1.29 is 19.1 Å².